The molecule has 1 aromatic rings. The largest absolute Gasteiger partial charge is 0.533 e. The van der Waals surface area contributed by atoms with E-state index < -0.39 is 12.4 Å². The monoisotopic (exact) mass is 359 g/mol. The van der Waals surface area contributed by atoms with E-state index >= 15 is 0 Å². The maximum Gasteiger partial charge on any atom is 0.533 e. The Hall–Kier alpha value is -2.34. The Morgan fingerprint density at radius 1 is 1.15 bits per heavy atom. The SMILES string of the molecule is C[C@H]1[C@@H](C2OC2N(C=O)OC(=O)OCc2ccccc2)[C@@H](C)C=C[C@H]1C. The molecule has 1 aromatic carbocycles. The quantitative estimate of drug-likeness (QED) is 0.255. The molecule has 6 nitrogen and oxygen atoms in total. The number of ether oxygens (including phenoxy) is 2. The van der Waals surface area contributed by atoms with Crippen molar-refractivity contribution in [1.29, 1.82) is 0 Å². The molecular formula is C20H25NO5. The van der Waals surface area contributed by atoms with Crippen LogP contribution in [0.3, 0.4) is 0 Å². The predicted molar refractivity (Wildman–Crippen MR) is 94.4 cm³/mol. The smallest absolute Gasteiger partial charge is 0.428 e. The molecule has 3 rings (SSSR count). The number of nitrogens with zero attached hydrogens (tertiary/aromatic N) is 1. The standard InChI is InChI=1S/C20H25NO5/c1-13-9-10-14(2)17(15(13)3)18-19(25-18)21(12-22)26-20(23)24-11-16-7-5-4-6-8-16/h4-10,12-15,17-19H,11H2,1-3H3/t13-,14+,15-,17+,18?,19?/m1/s1. The minimum Gasteiger partial charge on any atom is -0.428 e. The molecule has 0 spiro atoms. The van der Waals surface area contributed by atoms with E-state index in [1.807, 2.05) is 30.3 Å². The second-order valence-electron chi connectivity index (χ2n) is 7.11. The van der Waals surface area contributed by atoms with Gasteiger partial charge < -0.3 is 14.3 Å². The van der Waals surface area contributed by atoms with Crippen molar-refractivity contribution in [3.05, 3.63) is 48.0 Å². The number of carbonyl (C=O) groups excluding carboxylic acids is 2. The highest BCUT2D eigenvalue weighted by atomic mass is 16.8. The summed E-state index contributed by atoms with van der Waals surface area (Å²) in [6.07, 6.45) is 3.26. The average molecular weight is 359 g/mol. The summed E-state index contributed by atoms with van der Waals surface area (Å²) in [5, 5.41) is 0.917. The fourth-order valence-corrected chi connectivity index (χ4v) is 3.65. The molecule has 1 saturated heterocycles. The Labute approximate surface area is 153 Å². The van der Waals surface area contributed by atoms with Crippen LogP contribution in [0.1, 0.15) is 26.3 Å². The van der Waals surface area contributed by atoms with Gasteiger partial charge in [0.05, 0.1) is 0 Å². The molecule has 140 valence electrons. The summed E-state index contributed by atoms with van der Waals surface area (Å²) in [5.41, 5.74) is 0.841. The first-order valence-electron chi connectivity index (χ1n) is 8.97. The molecule has 0 N–H and O–H groups in total. The van der Waals surface area contributed by atoms with Crippen LogP contribution in [-0.2, 0) is 25.7 Å². The maximum atomic E-state index is 11.9. The van der Waals surface area contributed by atoms with Gasteiger partial charge >= 0.3 is 6.16 Å². The number of hydrogen-bond acceptors (Lipinski definition) is 5. The van der Waals surface area contributed by atoms with Gasteiger partial charge in [0.1, 0.15) is 12.7 Å². The molecule has 2 aliphatic rings. The molecule has 2 unspecified atom stereocenters. The Morgan fingerprint density at radius 3 is 2.54 bits per heavy atom. The minimum atomic E-state index is -0.923. The number of hydrogen-bond donors (Lipinski definition) is 0. The molecule has 1 aliphatic carbocycles. The van der Waals surface area contributed by atoms with Crippen molar-refractivity contribution in [1.82, 2.24) is 5.06 Å². The third kappa shape index (κ3) is 4.07. The van der Waals surface area contributed by atoms with E-state index in [4.69, 9.17) is 14.3 Å². The zero-order valence-electron chi connectivity index (χ0n) is 15.3. The minimum absolute atomic E-state index is 0.0837. The predicted octanol–water partition coefficient (Wildman–Crippen LogP) is 3.53. The van der Waals surface area contributed by atoms with Gasteiger partial charge in [-0.2, -0.15) is 0 Å². The van der Waals surface area contributed by atoms with E-state index in [-0.39, 0.29) is 18.6 Å². The van der Waals surface area contributed by atoms with Gasteiger partial charge in [0.15, 0.2) is 6.23 Å². The number of allylic oxidation sites excluding steroid dienone is 2. The Kier molecular flexibility index (Phi) is 5.61. The van der Waals surface area contributed by atoms with Crippen molar-refractivity contribution >= 4 is 12.6 Å². The van der Waals surface area contributed by atoms with Gasteiger partial charge in [0, 0.05) is 0 Å². The molecule has 1 aliphatic heterocycles. The maximum absolute atomic E-state index is 11.9. The zero-order chi connectivity index (χ0) is 18.7. The first kappa shape index (κ1) is 18.5. The summed E-state index contributed by atoms with van der Waals surface area (Å²) in [7, 11) is 0. The number of amides is 1. The van der Waals surface area contributed by atoms with E-state index in [0.29, 0.717) is 24.2 Å². The van der Waals surface area contributed by atoms with Gasteiger partial charge in [-0.05, 0) is 29.2 Å². The average Bonchev–Trinajstić information content (AvgIpc) is 3.42. The van der Waals surface area contributed by atoms with Crippen molar-refractivity contribution < 1.29 is 23.9 Å². The van der Waals surface area contributed by atoms with Crippen LogP contribution in [0.2, 0.25) is 0 Å². The summed E-state index contributed by atoms with van der Waals surface area (Å²) in [5.74, 6) is 1.48. The molecule has 0 aromatic heterocycles. The van der Waals surface area contributed by atoms with Crippen molar-refractivity contribution in [3.63, 3.8) is 0 Å². The van der Waals surface area contributed by atoms with Crippen LogP contribution in [0.4, 0.5) is 4.79 Å². The molecule has 0 saturated carbocycles. The van der Waals surface area contributed by atoms with Crippen LogP contribution in [0.5, 0.6) is 0 Å². The van der Waals surface area contributed by atoms with Crippen LogP contribution < -0.4 is 0 Å². The number of carbonyl (C=O) groups is 2. The van der Waals surface area contributed by atoms with E-state index in [1.54, 1.807) is 0 Å². The molecule has 0 bridgehead atoms. The fourth-order valence-electron chi connectivity index (χ4n) is 3.65. The van der Waals surface area contributed by atoms with Crippen molar-refractivity contribution in [2.45, 2.75) is 39.7 Å². The highest BCUT2D eigenvalue weighted by Crippen LogP contribution is 2.45. The van der Waals surface area contributed by atoms with Crippen LogP contribution in [-0.4, -0.2) is 30.0 Å². The van der Waals surface area contributed by atoms with Crippen molar-refractivity contribution in [2.24, 2.45) is 23.7 Å². The molecular weight excluding hydrogens is 334 g/mol. The first-order valence-corrected chi connectivity index (χ1v) is 8.97. The van der Waals surface area contributed by atoms with E-state index in [0.717, 1.165) is 10.6 Å². The number of epoxide rings is 1. The third-order valence-electron chi connectivity index (χ3n) is 5.38. The third-order valence-corrected chi connectivity index (χ3v) is 5.38. The van der Waals surface area contributed by atoms with Crippen molar-refractivity contribution in [2.75, 3.05) is 0 Å². The van der Waals surface area contributed by atoms with Gasteiger partial charge in [0.2, 0.25) is 6.41 Å². The van der Waals surface area contributed by atoms with Gasteiger partial charge in [-0.15, -0.1) is 5.06 Å². The zero-order valence-corrected chi connectivity index (χ0v) is 15.3. The molecule has 1 heterocycles. The lowest BCUT2D eigenvalue weighted by molar-refractivity contribution is -0.169. The molecule has 6 heteroatoms. The number of rotatable bonds is 6. The normalized spacial score (nSPS) is 32.6. The lowest BCUT2D eigenvalue weighted by Gasteiger charge is -2.34. The van der Waals surface area contributed by atoms with Gasteiger partial charge in [-0.25, -0.2) is 4.79 Å². The van der Waals surface area contributed by atoms with Gasteiger partial charge in [0.25, 0.3) is 0 Å². The van der Waals surface area contributed by atoms with Gasteiger partial charge in [-0.1, -0.05) is 63.3 Å². The highest BCUT2D eigenvalue weighted by Gasteiger charge is 2.54. The summed E-state index contributed by atoms with van der Waals surface area (Å²) in [4.78, 5) is 28.2. The highest BCUT2D eigenvalue weighted by molar-refractivity contribution is 5.61. The van der Waals surface area contributed by atoms with E-state index in [9.17, 15) is 9.59 Å². The van der Waals surface area contributed by atoms with Crippen LogP contribution in [0.15, 0.2) is 42.5 Å². The lowest BCUT2D eigenvalue weighted by Crippen LogP contribution is -2.36. The summed E-state index contributed by atoms with van der Waals surface area (Å²) in [6.45, 7) is 6.59. The topological polar surface area (TPSA) is 68.4 Å². The fraction of sp³-hybridized carbons (Fsp3) is 0.500. The van der Waals surface area contributed by atoms with E-state index in [1.165, 1.54) is 0 Å². The Balaban J connectivity index is 1.53. The Bertz CT molecular complexity index is 661. The van der Waals surface area contributed by atoms with Crippen LogP contribution in [0, 0.1) is 23.7 Å². The van der Waals surface area contributed by atoms with Crippen LogP contribution >= 0.6 is 0 Å². The van der Waals surface area contributed by atoms with Crippen LogP contribution in [0.25, 0.3) is 0 Å². The summed E-state index contributed by atoms with van der Waals surface area (Å²) in [6, 6.07) is 9.26. The Morgan fingerprint density at radius 2 is 1.85 bits per heavy atom. The molecule has 0 radical (unpaired) electrons. The summed E-state index contributed by atoms with van der Waals surface area (Å²) < 4.78 is 10.7. The molecule has 1 fully saturated rings. The number of hydroxylamine groups is 2. The molecule has 1 amide bonds. The van der Waals surface area contributed by atoms with Gasteiger partial charge in [-0.3, -0.25) is 4.79 Å². The van der Waals surface area contributed by atoms with Crippen molar-refractivity contribution in [3.8, 4) is 0 Å². The first-order chi connectivity index (χ1) is 12.5. The van der Waals surface area contributed by atoms with E-state index in [2.05, 4.69) is 32.9 Å². The second kappa shape index (κ2) is 7.91. The second-order valence-corrected chi connectivity index (χ2v) is 7.11. The molecule has 26 heavy (non-hydrogen) atoms. The summed E-state index contributed by atoms with van der Waals surface area (Å²) >= 11 is 0. The molecule has 6 atom stereocenters. The lowest BCUT2D eigenvalue weighted by atomic mass is 9.71. The number of benzene rings is 1.